The Morgan fingerprint density at radius 3 is 2.68 bits per heavy atom. The predicted octanol–water partition coefficient (Wildman–Crippen LogP) is 1.44. The molecule has 0 bridgehead atoms. The van der Waals surface area contributed by atoms with Gasteiger partial charge in [0.15, 0.2) is 0 Å². The van der Waals surface area contributed by atoms with Crippen LogP contribution >= 0.6 is 22.9 Å². The third-order valence-corrected chi connectivity index (χ3v) is 5.62. The first kappa shape index (κ1) is 18.8. The van der Waals surface area contributed by atoms with Crippen LogP contribution in [-0.4, -0.2) is 38.0 Å². The minimum atomic E-state index is -0.164. The molecule has 1 fully saturated rings. The van der Waals surface area contributed by atoms with Crippen molar-refractivity contribution >= 4 is 46.1 Å². The molecule has 2 aliphatic rings. The fourth-order valence-corrected chi connectivity index (χ4v) is 3.91. The van der Waals surface area contributed by atoms with Gasteiger partial charge in [0.05, 0.1) is 33.7 Å². The molecule has 1 saturated heterocycles. The van der Waals surface area contributed by atoms with Crippen molar-refractivity contribution in [1.29, 1.82) is 0 Å². The van der Waals surface area contributed by atoms with E-state index in [2.05, 4.69) is 21.6 Å². The van der Waals surface area contributed by atoms with Crippen molar-refractivity contribution in [3.05, 3.63) is 57.5 Å². The van der Waals surface area contributed by atoms with Gasteiger partial charge >= 0.3 is 0 Å². The van der Waals surface area contributed by atoms with Crippen molar-refractivity contribution in [1.82, 2.24) is 21.6 Å². The summed E-state index contributed by atoms with van der Waals surface area (Å²) in [5.74, 6) is -0.0898. The zero-order valence-electron chi connectivity index (χ0n) is 14.9. The average Bonchev–Trinajstić information content (AvgIpc) is 3.36. The summed E-state index contributed by atoms with van der Waals surface area (Å²) in [6, 6.07) is 11.1. The second kappa shape index (κ2) is 8.19. The molecule has 4 rings (SSSR count). The van der Waals surface area contributed by atoms with Crippen molar-refractivity contribution in [2.75, 3.05) is 36.1 Å². The fourth-order valence-electron chi connectivity index (χ4n) is 2.95. The van der Waals surface area contributed by atoms with E-state index >= 15 is 0 Å². The highest BCUT2D eigenvalue weighted by atomic mass is 35.5. The Balaban J connectivity index is 1.35. The van der Waals surface area contributed by atoms with Gasteiger partial charge in [0.1, 0.15) is 0 Å². The molecule has 0 spiro atoms. The van der Waals surface area contributed by atoms with Crippen LogP contribution in [0.2, 0.25) is 4.34 Å². The van der Waals surface area contributed by atoms with Crippen LogP contribution in [0.4, 0.5) is 11.4 Å². The summed E-state index contributed by atoms with van der Waals surface area (Å²) < 4.78 is 0.585. The van der Waals surface area contributed by atoms with Gasteiger partial charge in [-0.25, -0.2) is 0 Å². The molecule has 0 unspecified atom stereocenters. The van der Waals surface area contributed by atoms with Gasteiger partial charge in [-0.3, -0.25) is 14.6 Å². The number of thiophene rings is 1. The van der Waals surface area contributed by atoms with Gasteiger partial charge in [-0.1, -0.05) is 11.6 Å². The van der Waals surface area contributed by atoms with Crippen LogP contribution in [0.15, 0.2) is 48.3 Å². The monoisotopic (exact) mass is 418 g/mol. The van der Waals surface area contributed by atoms with Gasteiger partial charge in [0.25, 0.3) is 5.91 Å². The maximum absolute atomic E-state index is 12.1. The summed E-state index contributed by atoms with van der Waals surface area (Å²) in [6.45, 7) is 2.18. The highest BCUT2D eigenvalue weighted by Gasteiger charge is 2.20. The topological polar surface area (TPSA) is 88.7 Å². The number of amides is 2. The van der Waals surface area contributed by atoms with Gasteiger partial charge in [0, 0.05) is 25.0 Å². The van der Waals surface area contributed by atoms with Crippen LogP contribution in [0.3, 0.4) is 0 Å². The Morgan fingerprint density at radius 1 is 1.18 bits per heavy atom. The van der Waals surface area contributed by atoms with Crippen molar-refractivity contribution in [3.63, 3.8) is 0 Å². The van der Waals surface area contributed by atoms with Crippen molar-refractivity contribution in [2.24, 2.45) is 0 Å². The molecule has 3 heterocycles. The van der Waals surface area contributed by atoms with Gasteiger partial charge in [-0.15, -0.1) is 16.9 Å². The van der Waals surface area contributed by atoms with Crippen LogP contribution in [-0.2, 0) is 4.79 Å². The van der Waals surface area contributed by atoms with Crippen LogP contribution in [0, 0.1) is 0 Å². The quantitative estimate of drug-likeness (QED) is 0.587. The molecule has 1 aromatic carbocycles. The number of rotatable bonds is 5. The second-order valence-electron chi connectivity index (χ2n) is 6.29. The molecule has 1 aromatic heterocycles. The number of anilines is 2. The molecule has 28 heavy (non-hydrogen) atoms. The number of hydrogen-bond donors (Lipinski definition) is 4. The summed E-state index contributed by atoms with van der Waals surface area (Å²) in [5.41, 5.74) is 8.67. The lowest BCUT2D eigenvalue weighted by molar-refractivity contribution is -0.118. The lowest BCUT2D eigenvalue weighted by Crippen LogP contribution is -2.48. The normalized spacial score (nSPS) is 16.8. The third-order valence-electron chi connectivity index (χ3n) is 4.39. The first-order valence-corrected chi connectivity index (χ1v) is 9.96. The summed E-state index contributed by atoms with van der Waals surface area (Å²) in [6.07, 6.45) is 1.87. The van der Waals surface area contributed by atoms with E-state index in [0.717, 1.165) is 23.6 Å². The summed E-state index contributed by atoms with van der Waals surface area (Å²) >= 11 is 7.11. The van der Waals surface area contributed by atoms with E-state index in [1.165, 1.54) is 11.3 Å². The summed E-state index contributed by atoms with van der Waals surface area (Å²) in [5, 5.41) is 7.73. The Bertz CT molecular complexity index is 913. The van der Waals surface area contributed by atoms with E-state index in [4.69, 9.17) is 11.6 Å². The maximum Gasteiger partial charge on any atom is 0.261 e. The van der Waals surface area contributed by atoms with Crippen LogP contribution in [0.1, 0.15) is 9.67 Å². The molecule has 2 amide bonds. The average molecular weight is 419 g/mol. The first-order valence-electron chi connectivity index (χ1n) is 8.76. The molecule has 146 valence electrons. The summed E-state index contributed by atoms with van der Waals surface area (Å²) in [4.78, 5) is 26.4. The third kappa shape index (κ3) is 4.12. The molecule has 8 nitrogen and oxygen atoms in total. The summed E-state index contributed by atoms with van der Waals surface area (Å²) in [7, 11) is 0. The van der Waals surface area contributed by atoms with E-state index < -0.39 is 0 Å². The molecule has 0 aliphatic carbocycles. The largest absolute Gasteiger partial charge is 0.346 e. The van der Waals surface area contributed by atoms with E-state index in [9.17, 15) is 9.59 Å². The number of nitrogens with zero attached hydrogens (tertiary/aromatic N) is 2. The number of benzene rings is 1. The molecule has 0 radical (unpaired) electrons. The van der Waals surface area contributed by atoms with E-state index in [1.54, 1.807) is 17.0 Å². The molecule has 0 atom stereocenters. The smallest absolute Gasteiger partial charge is 0.261 e. The molecule has 4 N–H and O–H groups in total. The van der Waals surface area contributed by atoms with Crippen molar-refractivity contribution in [2.45, 2.75) is 0 Å². The maximum atomic E-state index is 12.1. The second-order valence-corrected chi connectivity index (χ2v) is 8.00. The number of halogens is 1. The van der Waals surface area contributed by atoms with E-state index in [-0.39, 0.29) is 11.8 Å². The Morgan fingerprint density at radius 2 is 1.96 bits per heavy atom. The van der Waals surface area contributed by atoms with Gasteiger partial charge < -0.3 is 21.0 Å². The number of piperazine rings is 1. The molecule has 2 aromatic rings. The van der Waals surface area contributed by atoms with Crippen LogP contribution in [0.25, 0.3) is 0 Å². The number of hydrogen-bond acceptors (Lipinski definition) is 7. The zero-order chi connectivity index (χ0) is 19.5. The molecule has 10 heteroatoms. The minimum absolute atomic E-state index is 0.0740. The molecule has 2 aliphatic heterocycles. The molecular formula is C18H19ClN6O2S. The van der Waals surface area contributed by atoms with E-state index in [1.807, 2.05) is 35.5 Å². The Kier molecular flexibility index (Phi) is 5.49. The van der Waals surface area contributed by atoms with Crippen molar-refractivity contribution < 1.29 is 9.59 Å². The van der Waals surface area contributed by atoms with Gasteiger partial charge in [-0.05, 0) is 36.4 Å². The lowest BCUT2D eigenvalue weighted by atomic mass is 10.2. The van der Waals surface area contributed by atoms with Crippen LogP contribution < -0.4 is 31.5 Å². The Hall–Kier alpha value is -2.59. The highest BCUT2D eigenvalue weighted by molar-refractivity contribution is 7.18. The fraction of sp³-hybridized carbons (Fsp3) is 0.222. The number of hydrazine groups is 2. The van der Waals surface area contributed by atoms with Crippen LogP contribution in [0.5, 0.6) is 0 Å². The van der Waals surface area contributed by atoms with E-state index in [0.29, 0.717) is 28.8 Å². The first-order chi connectivity index (χ1) is 13.6. The highest BCUT2D eigenvalue weighted by Crippen LogP contribution is 2.23. The zero-order valence-corrected chi connectivity index (χ0v) is 16.4. The number of carbonyl (C=O) groups excluding carboxylic acids is 2. The van der Waals surface area contributed by atoms with Gasteiger partial charge in [0.2, 0.25) is 5.91 Å². The predicted molar refractivity (Wildman–Crippen MR) is 110 cm³/mol. The standard InChI is InChI=1S/C18H19ClN6O2S/c19-16-6-5-15(28-16)18(27)21-9-12-11-25(23-22-12)14-3-1-13(2-4-14)24-8-7-20-10-17(24)26/h1-6,11,20,22-23H,7-10H2,(H,21,27). The number of nitrogens with one attached hydrogen (secondary N) is 4. The van der Waals surface area contributed by atoms with Gasteiger partial charge in [-0.2, -0.15) is 0 Å². The molecule has 0 saturated carbocycles. The van der Waals surface area contributed by atoms with Crippen molar-refractivity contribution in [3.8, 4) is 0 Å². The number of carbonyl (C=O) groups is 2. The minimum Gasteiger partial charge on any atom is -0.346 e. The lowest BCUT2D eigenvalue weighted by Gasteiger charge is -2.27. The Labute approximate surface area is 171 Å². The SMILES string of the molecule is O=C(NCC1=CN(c2ccc(N3CCNCC3=O)cc2)NN1)c1ccc(Cl)s1. The molecular weight excluding hydrogens is 400 g/mol.